The molecule has 0 spiro atoms. The maximum absolute atomic E-state index is 11.6. The van der Waals surface area contributed by atoms with Gasteiger partial charge in [0.15, 0.2) is 5.78 Å². The molecule has 0 aliphatic rings. The summed E-state index contributed by atoms with van der Waals surface area (Å²) in [5.74, 6) is -0.143. The molecule has 0 radical (unpaired) electrons. The standard InChI is InChI=1S/C11H12Cl2O2/c1-2-5-15-7-11(14)9-6-8(12)3-4-10(9)13/h3-4,6H,2,5,7H2,1H3. The second-order valence-electron chi connectivity index (χ2n) is 3.10. The molecule has 2 nitrogen and oxygen atoms in total. The second-order valence-corrected chi connectivity index (χ2v) is 3.94. The highest BCUT2D eigenvalue weighted by Crippen LogP contribution is 2.21. The van der Waals surface area contributed by atoms with E-state index in [1.165, 1.54) is 0 Å². The summed E-state index contributed by atoms with van der Waals surface area (Å²) in [5, 5.41) is 0.905. The van der Waals surface area contributed by atoms with Crippen LogP contribution in [-0.4, -0.2) is 19.0 Å². The highest BCUT2D eigenvalue weighted by atomic mass is 35.5. The molecule has 15 heavy (non-hydrogen) atoms. The first-order chi connectivity index (χ1) is 7.15. The van der Waals surface area contributed by atoms with Crippen LogP contribution < -0.4 is 0 Å². The van der Waals surface area contributed by atoms with Crippen molar-refractivity contribution in [2.45, 2.75) is 13.3 Å². The van der Waals surface area contributed by atoms with Gasteiger partial charge in [-0.25, -0.2) is 0 Å². The molecule has 1 rings (SSSR count). The van der Waals surface area contributed by atoms with Gasteiger partial charge in [-0.3, -0.25) is 4.79 Å². The fraction of sp³-hybridized carbons (Fsp3) is 0.364. The zero-order valence-corrected chi connectivity index (χ0v) is 9.94. The molecule has 0 aliphatic heterocycles. The van der Waals surface area contributed by atoms with Gasteiger partial charge in [-0.05, 0) is 24.6 Å². The van der Waals surface area contributed by atoms with E-state index in [1.807, 2.05) is 6.92 Å². The lowest BCUT2D eigenvalue weighted by atomic mass is 10.1. The average Bonchev–Trinajstić information content (AvgIpc) is 2.22. The van der Waals surface area contributed by atoms with Gasteiger partial charge in [0, 0.05) is 17.2 Å². The van der Waals surface area contributed by atoms with Crippen LogP contribution in [0.3, 0.4) is 0 Å². The smallest absolute Gasteiger partial charge is 0.190 e. The zero-order valence-electron chi connectivity index (χ0n) is 8.43. The lowest BCUT2D eigenvalue weighted by Gasteiger charge is -2.04. The van der Waals surface area contributed by atoms with Crippen LogP contribution in [0.15, 0.2) is 18.2 Å². The fourth-order valence-electron chi connectivity index (χ4n) is 1.10. The van der Waals surface area contributed by atoms with E-state index in [2.05, 4.69) is 0 Å². The Morgan fingerprint density at radius 2 is 2.13 bits per heavy atom. The molecule has 1 aromatic rings. The van der Waals surface area contributed by atoms with Crippen molar-refractivity contribution < 1.29 is 9.53 Å². The number of ketones is 1. The number of benzene rings is 1. The van der Waals surface area contributed by atoms with E-state index < -0.39 is 0 Å². The Kier molecular flexibility index (Phi) is 5.09. The lowest BCUT2D eigenvalue weighted by Crippen LogP contribution is -2.10. The summed E-state index contributed by atoms with van der Waals surface area (Å²) in [5.41, 5.74) is 0.417. The molecule has 0 saturated heterocycles. The summed E-state index contributed by atoms with van der Waals surface area (Å²) in [6.45, 7) is 2.61. The summed E-state index contributed by atoms with van der Waals surface area (Å²) in [7, 11) is 0. The Bertz CT molecular complexity index is 350. The van der Waals surface area contributed by atoms with Crippen molar-refractivity contribution in [1.29, 1.82) is 0 Å². The number of halogens is 2. The molecule has 0 amide bonds. The van der Waals surface area contributed by atoms with Crippen LogP contribution in [0.2, 0.25) is 10.0 Å². The quantitative estimate of drug-likeness (QED) is 0.587. The van der Waals surface area contributed by atoms with Crippen LogP contribution in [0.1, 0.15) is 23.7 Å². The topological polar surface area (TPSA) is 26.3 Å². The molecular formula is C11H12Cl2O2. The Hall–Kier alpha value is -0.570. The number of Topliss-reactive ketones (excluding diaryl/α,β-unsaturated/α-hetero) is 1. The first kappa shape index (κ1) is 12.5. The van der Waals surface area contributed by atoms with Crippen LogP contribution in [0.25, 0.3) is 0 Å². The number of carbonyl (C=O) groups is 1. The number of rotatable bonds is 5. The zero-order chi connectivity index (χ0) is 11.3. The van der Waals surface area contributed by atoms with Gasteiger partial charge in [0.2, 0.25) is 0 Å². The van der Waals surface area contributed by atoms with E-state index in [0.29, 0.717) is 22.2 Å². The Morgan fingerprint density at radius 1 is 1.40 bits per heavy atom. The van der Waals surface area contributed by atoms with Crippen molar-refractivity contribution in [3.8, 4) is 0 Å². The van der Waals surface area contributed by atoms with E-state index >= 15 is 0 Å². The first-order valence-corrected chi connectivity index (χ1v) is 5.46. The molecule has 1 aromatic carbocycles. The van der Waals surface area contributed by atoms with Gasteiger partial charge in [0.05, 0.1) is 5.02 Å². The number of ether oxygens (including phenoxy) is 1. The minimum absolute atomic E-state index is 0.0495. The molecule has 0 fully saturated rings. The summed E-state index contributed by atoms with van der Waals surface area (Å²) in [6, 6.07) is 4.81. The third kappa shape index (κ3) is 3.82. The molecule has 0 bridgehead atoms. The third-order valence-electron chi connectivity index (χ3n) is 1.81. The van der Waals surface area contributed by atoms with Crippen molar-refractivity contribution in [2.24, 2.45) is 0 Å². The van der Waals surface area contributed by atoms with Crippen LogP contribution in [-0.2, 0) is 4.74 Å². The number of carbonyl (C=O) groups excluding carboxylic acids is 1. The van der Waals surface area contributed by atoms with E-state index in [4.69, 9.17) is 27.9 Å². The van der Waals surface area contributed by atoms with E-state index in [0.717, 1.165) is 6.42 Å². The second kappa shape index (κ2) is 6.11. The van der Waals surface area contributed by atoms with Crippen LogP contribution >= 0.6 is 23.2 Å². The Labute approximate surface area is 99.1 Å². The van der Waals surface area contributed by atoms with Crippen molar-refractivity contribution in [3.63, 3.8) is 0 Å². The highest BCUT2D eigenvalue weighted by Gasteiger charge is 2.10. The Balaban J connectivity index is 2.68. The van der Waals surface area contributed by atoms with Gasteiger partial charge in [-0.2, -0.15) is 0 Å². The van der Waals surface area contributed by atoms with Gasteiger partial charge in [0.1, 0.15) is 6.61 Å². The van der Waals surface area contributed by atoms with E-state index in [1.54, 1.807) is 18.2 Å². The molecule has 0 N–H and O–H groups in total. The molecule has 0 atom stereocenters. The lowest BCUT2D eigenvalue weighted by molar-refractivity contribution is 0.0761. The summed E-state index contributed by atoms with van der Waals surface area (Å²) < 4.78 is 5.14. The van der Waals surface area contributed by atoms with Crippen molar-refractivity contribution in [2.75, 3.05) is 13.2 Å². The fourth-order valence-corrected chi connectivity index (χ4v) is 1.49. The molecule has 4 heteroatoms. The van der Waals surface area contributed by atoms with Crippen LogP contribution in [0.4, 0.5) is 0 Å². The van der Waals surface area contributed by atoms with Gasteiger partial charge in [0.25, 0.3) is 0 Å². The summed E-state index contributed by atoms with van der Waals surface area (Å²) in [4.78, 5) is 11.6. The predicted molar refractivity (Wildman–Crippen MR) is 61.9 cm³/mol. The van der Waals surface area contributed by atoms with Gasteiger partial charge in [-0.1, -0.05) is 30.1 Å². The maximum atomic E-state index is 11.6. The molecule has 0 aliphatic carbocycles. The molecule has 82 valence electrons. The van der Waals surface area contributed by atoms with Gasteiger partial charge < -0.3 is 4.74 Å². The van der Waals surface area contributed by atoms with Crippen molar-refractivity contribution >= 4 is 29.0 Å². The van der Waals surface area contributed by atoms with E-state index in [9.17, 15) is 4.79 Å². The predicted octanol–water partition coefficient (Wildman–Crippen LogP) is 3.60. The summed E-state index contributed by atoms with van der Waals surface area (Å²) >= 11 is 11.6. The van der Waals surface area contributed by atoms with Gasteiger partial charge >= 0.3 is 0 Å². The minimum Gasteiger partial charge on any atom is -0.373 e. The van der Waals surface area contributed by atoms with E-state index in [-0.39, 0.29) is 12.4 Å². The number of hydrogen-bond donors (Lipinski definition) is 0. The molecule has 0 saturated carbocycles. The normalized spacial score (nSPS) is 10.3. The molecular weight excluding hydrogens is 235 g/mol. The monoisotopic (exact) mass is 246 g/mol. The van der Waals surface area contributed by atoms with Crippen LogP contribution in [0, 0.1) is 0 Å². The third-order valence-corrected chi connectivity index (χ3v) is 2.38. The molecule has 0 aromatic heterocycles. The first-order valence-electron chi connectivity index (χ1n) is 4.71. The average molecular weight is 247 g/mol. The largest absolute Gasteiger partial charge is 0.373 e. The highest BCUT2D eigenvalue weighted by molar-refractivity contribution is 6.35. The van der Waals surface area contributed by atoms with Crippen molar-refractivity contribution in [3.05, 3.63) is 33.8 Å². The molecule has 0 unspecified atom stereocenters. The summed E-state index contributed by atoms with van der Waals surface area (Å²) in [6.07, 6.45) is 0.885. The van der Waals surface area contributed by atoms with Crippen LogP contribution in [0.5, 0.6) is 0 Å². The minimum atomic E-state index is -0.143. The van der Waals surface area contributed by atoms with Crippen molar-refractivity contribution in [1.82, 2.24) is 0 Å². The van der Waals surface area contributed by atoms with Gasteiger partial charge in [-0.15, -0.1) is 0 Å². The molecule has 0 heterocycles. The SMILES string of the molecule is CCCOCC(=O)c1cc(Cl)ccc1Cl. The maximum Gasteiger partial charge on any atom is 0.190 e. The Morgan fingerprint density at radius 3 is 2.80 bits per heavy atom. The number of hydrogen-bond acceptors (Lipinski definition) is 2.